The molecule has 54 heavy (non-hydrogen) atoms. The summed E-state index contributed by atoms with van der Waals surface area (Å²) in [4.78, 5) is 37.1. The Bertz CT molecular complexity index is 1410. The molecule has 2 saturated heterocycles. The minimum atomic E-state index is -2.22. The maximum Gasteiger partial charge on any atom is 0.309 e. The van der Waals surface area contributed by atoms with Crippen LogP contribution in [0.25, 0.3) is 6.08 Å². The number of rotatable bonds is 15. The normalized spacial score (nSPS) is 31.9. The number of Topliss-reactive ketones (excluding diaryl/α,β-unsaturated/α-hetero) is 1. The highest BCUT2D eigenvalue weighted by molar-refractivity contribution is 8.00. The molecular formula is C43H76N2O5S2Si2. The first kappa shape index (κ1) is 45.9. The van der Waals surface area contributed by atoms with Gasteiger partial charge in [0.05, 0.1) is 24.3 Å². The van der Waals surface area contributed by atoms with Gasteiger partial charge in [0.15, 0.2) is 16.6 Å². The Labute approximate surface area is 340 Å². The largest absolute Gasteiger partial charge is 0.458 e. The molecule has 7 nitrogen and oxygen atoms in total. The van der Waals surface area contributed by atoms with Gasteiger partial charge in [-0.25, -0.2) is 4.98 Å². The van der Waals surface area contributed by atoms with Crippen molar-refractivity contribution < 1.29 is 23.2 Å². The number of ketones is 1. The average molecular weight is 821 g/mol. The molecule has 1 unspecified atom stereocenters. The summed E-state index contributed by atoms with van der Waals surface area (Å²) in [6.45, 7) is 27.6. The average Bonchev–Trinajstić information content (AvgIpc) is 4.02. The highest BCUT2D eigenvalue weighted by Crippen LogP contribution is 2.51. The van der Waals surface area contributed by atoms with E-state index in [1.807, 2.05) is 20.1 Å². The van der Waals surface area contributed by atoms with Crippen molar-refractivity contribution >= 4 is 57.6 Å². The molecule has 3 fully saturated rings. The predicted molar refractivity (Wildman–Crippen MR) is 233 cm³/mol. The summed E-state index contributed by atoms with van der Waals surface area (Å²) in [5.41, 5.74) is 1.09. The SMILES string of the molecule is CC[Si](CC)(CC)O[C@H]1[C@@H](C)CCC[C@]2(C)[C@H](C[C@@H](/C(C)=C/c3csc(SC)n3)OC(=O)C[C@H](O[Si](CC)(CC)CC)C(C)(C)C(=O)[C@@H]1C)N2CC1CC1. The standard InChI is InChI=1S/C43H76N2O5S2Si2/c1-14-53(15-2,16-3)49-37-27-38(46)48-35(31(8)25-34-29-52-41(44-34)51-13)26-36-43(12,45(36)28-33-22-23-33)24-20-21-30(7)39(32(9)40(47)42(37,10)11)50-54(17-4,18-5)19-6/h25,29-30,32-33,35-37,39H,14-24,26-28H2,1-13H3/b31-25+/t30-,32+,35-,36-,37-,39-,43+,45?/m0/s1. The van der Waals surface area contributed by atoms with Crippen molar-refractivity contribution in [2.75, 3.05) is 12.8 Å². The van der Waals surface area contributed by atoms with Gasteiger partial charge in [-0.15, -0.1) is 11.3 Å². The Morgan fingerprint density at radius 3 is 2.11 bits per heavy atom. The highest BCUT2D eigenvalue weighted by Gasteiger charge is 2.60. The van der Waals surface area contributed by atoms with E-state index >= 15 is 4.79 Å². The molecule has 3 heterocycles. The lowest BCUT2D eigenvalue weighted by Gasteiger charge is -2.44. The molecule has 1 aliphatic carbocycles. The predicted octanol–water partition coefficient (Wildman–Crippen LogP) is 11.6. The third-order valence-corrected chi connectivity index (χ3v) is 25.5. The Morgan fingerprint density at radius 1 is 0.981 bits per heavy atom. The minimum absolute atomic E-state index is 0.0592. The van der Waals surface area contributed by atoms with Crippen LogP contribution in [0.4, 0.5) is 0 Å². The van der Waals surface area contributed by atoms with Gasteiger partial charge in [0.2, 0.25) is 0 Å². The Hall–Kier alpha value is -0.826. The van der Waals surface area contributed by atoms with Crippen molar-refractivity contribution in [2.45, 2.75) is 199 Å². The van der Waals surface area contributed by atoms with Gasteiger partial charge in [-0.1, -0.05) is 87.4 Å². The molecule has 0 spiro atoms. The van der Waals surface area contributed by atoms with Crippen molar-refractivity contribution in [3.8, 4) is 0 Å². The second kappa shape index (κ2) is 19.3. The van der Waals surface area contributed by atoms with Crippen LogP contribution in [0.3, 0.4) is 0 Å². The van der Waals surface area contributed by atoms with Crippen molar-refractivity contribution in [1.29, 1.82) is 0 Å². The van der Waals surface area contributed by atoms with E-state index in [-0.39, 0.29) is 47.8 Å². The van der Waals surface area contributed by atoms with Crippen LogP contribution in [0.2, 0.25) is 36.3 Å². The lowest BCUT2D eigenvalue weighted by molar-refractivity contribution is -0.153. The molecule has 2 aliphatic heterocycles. The number of aromatic nitrogens is 1. The van der Waals surface area contributed by atoms with Crippen LogP contribution in [0.1, 0.15) is 134 Å². The number of fused-ring (bicyclic) bond motifs is 1. The molecule has 11 heteroatoms. The summed E-state index contributed by atoms with van der Waals surface area (Å²) < 4.78 is 22.2. The molecule has 308 valence electrons. The second-order valence-electron chi connectivity index (χ2n) is 17.9. The molecule has 4 rings (SSSR count). The molecule has 1 aromatic heterocycles. The zero-order valence-corrected chi connectivity index (χ0v) is 40.0. The number of esters is 1. The summed E-state index contributed by atoms with van der Waals surface area (Å²) in [6, 6.07) is 6.33. The number of carbonyl (C=O) groups is 2. The van der Waals surface area contributed by atoms with Crippen LogP contribution in [-0.4, -0.2) is 81.0 Å². The molecule has 8 atom stereocenters. The number of thiazole rings is 1. The van der Waals surface area contributed by atoms with Crippen LogP contribution >= 0.6 is 23.1 Å². The number of hydrogen-bond acceptors (Lipinski definition) is 9. The Kier molecular flexibility index (Phi) is 16.4. The van der Waals surface area contributed by atoms with E-state index in [0.29, 0.717) is 6.04 Å². The molecule has 0 radical (unpaired) electrons. The topological polar surface area (TPSA) is 77.7 Å². The van der Waals surface area contributed by atoms with Crippen molar-refractivity contribution in [2.24, 2.45) is 23.2 Å². The summed E-state index contributed by atoms with van der Waals surface area (Å²) in [5.74, 6) is 0.566. The monoisotopic (exact) mass is 820 g/mol. The lowest BCUT2D eigenvalue weighted by Crippen LogP contribution is -2.53. The summed E-state index contributed by atoms with van der Waals surface area (Å²) >= 11 is 3.30. The van der Waals surface area contributed by atoms with E-state index in [2.05, 4.69) is 85.6 Å². The molecule has 0 bridgehead atoms. The van der Waals surface area contributed by atoms with Crippen molar-refractivity contribution in [3.63, 3.8) is 0 Å². The first-order valence-corrected chi connectivity index (χ1v) is 28.7. The van der Waals surface area contributed by atoms with Gasteiger partial charge >= 0.3 is 5.97 Å². The summed E-state index contributed by atoms with van der Waals surface area (Å²) in [7, 11) is -4.25. The lowest BCUT2D eigenvalue weighted by atomic mass is 9.73. The number of nitrogens with zero attached hydrogens (tertiary/aromatic N) is 2. The highest BCUT2D eigenvalue weighted by atomic mass is 32.2. The molecule has 0 amide bonds. The van der Waals surface area contributed by atoms with Crippen LogP contribution in [0, 0.1) is 23.2 Å². The third kappa shape index (κ3) is 10.6. The van der Waals surface area contributed by atoms with Crippen LogP contribution in [0.15, 0.2) is 15.3 Å². The number of thioether (sulfide) groups is 1. The smallest absolute Gasteiger partial charge is 0.309 e. The second-order valence-corrected chi connectivity index (χ2v) is 29.3. The van der Waals surface area contributed by atoms with E-state index in [0.717, 1.165) is 90.0 Å². The fraction of sp³-hybridized carbons (Fsp3) is 0.837. The van der Waals surface area contributed by atoms with Gasteiger partial charge < -0.3 is 13.6 Å². The quantitative estimate of drug-likeness (QED) is 0.0749. The van der Waals surface area contributed by atoms with Crippen LogP contribution in [0.5, 0.6) is 0 Å². The first-order valence-electron chi connectivity index (χ1n) is 21.5. The Morgan fingerprint density at radius 2 is 1.57 bits per heavy atom. The minimum Gasteiger partial charge on any atom is -0.458 e. The number of hydrogen-bond donors (Lipinski definition) is 0. The van der Waals surface area contributed by atoms with Crippen molar-refractivity contribution in [3.05, 3.63) is 16.6 Å². The van der Waals surface area contributed by atoms with Gasteiger partial charge in [-0.3, -0.25) is 14.5 Å². The maximum absolute atomic E-state index is 15.1. The van der Waals surface area contributed by atoms with E-state index in [4.69, 9.17) is 18.6 Å². The molecule has 0 N–H and O–H groups in total. The number of cyclic esters (lactones) is 1. The van der Waals surface area contributed by atoms with Gasteiger partial charge in [-0.2, -0.15) is 0 Å². The molecule has 1 aromatic rings. The van der Waals surface area contributed by atoms with Gasteiger partial charge in [0, 0.05) is 41.3 Å². The van der Waals surface area contributed by atoms with E-state index in [1.54, 1.807) is 23.1 Å². The number of ether oxygens (including phenoxy) is 1. The first-order chi connectivity index (χ1) is 25.5. The summed E-state index contributed by atoms with van der Waals surface area (Å²) in [5, 5.41) is 2.09. The molecule has 1 saturated carbocycles. The molecule has 3 aliphatic rings. The fourth-order valence-corrected chi connectivity index (χ4v) is 16.6. The van der Waals surface area contributed by atoms with Gasteiger partial charge in [0.1, 0.15) is 16.2 Å². The van der Waals surface area contributed by atoms with Crippen LogP contribution < -0.4 is 0 Å². The molecular weight excluding hydrogens is 745 g/mol. The maximum atomic E-state index is 15.1. The van der Waals surface area contributed by atoms with Crippen LogP contribution in [-0.2, 0) is 23.2 Å². The zero-order chi connectivity index (χ0) is 40.1. The fourth-order valence-electron chi connectivity index (χ4n) is 9.42. The van der Waals surface area contributed by atoms with Crippen molar-refractivity contribution in [1.82, 2.24) is 9.88 Å². The van der Waals surface area contributed by atoms with Gasteiger partial charge in [0.25, 0.3) is 0 Å². The Balaban J connectivity index is 1.78. The zero-order valence-electron chi connectivity index (χ0n) is 36.3. The summed E-state index contributed by atoms with van der Waals surface area (Å²) in [6.07, 6.45) is 9.69. The van der Waals surface area contributed by atoms with E-state index < -0.39 is 28.2 Å². The number of carbonyl (C=O) groups excluding carboxylic acids is 2. The van der Waals surface area contributed by atoms with Gasteiger partial charge in [-0.05, 0) is 106 Å². The molecule has 0 aromatic carbocycles. The van der Waals surface area contributed by atoms with E-state index in [9.17, 15) is 4.79 Å². The third-order valence-electron chi connectivity index (χ3n) is 14.4. The van der Waals surface area contributed by atoms with E-state index in [1.165, 1.54) is 12.8 Å².